The molecule has 2 N–H and O–H groups in total. The Labute approximate surface area is 156 Å². The minimum Gasteiger partial charge on any atom is -0.332 e. The van der Waals surface area contributed by atoms with E-state index in [1.165, 1.54) is 29.5 Å². The summed E-state index contributed by atoms with van der Waals surface area (Å²) >= 11 is 18.5. The quantitative estimate of drug-likeness (QED) is 0.561. The van der Waals surface area contributed by atoms with Crippen LogP contribution >= 0.6 is 46.8 Å². The zero-order chi connectivity index (χ0) is 17.3. The van der Waals surface area contributed by atoms with Crippen molar-refractivity contribution in [3.05, 3.63) is 63.2 Å². The van der Waals surface area contributed by atoms with E-state index in [1.54, 1.807) is 24.3 Å². The van der Waals surface area contributed by atoms with Crippen molar-refractivity contribution >= 4 is 73.5 Å². The second-order valence-corrected chi connectivity index (χ2v) is 7.08. The number of benzene rings is 2. The molecule has 0 aliphatic carbocycles. The zero-order valence-corrected chi connectivity index (χ0v) is 15.0. The van der Waals surface area contributed by atoms with E-state index >= 15 is 0 Å². The van der Waals surface area contributed by atoms with Crippen molar-refractivity contribution in [1.82, 2.24) is 5.32 Å². The Kier molecular flexibility index (Phi) is 5.01. The molecule has 3 rings (SSSR count). The summed E-state index contributed by atoms with van der Waals surface area (Å²) in [6.45, 7) is 0. The van der Waals surface area contributed by atoms with Gasteiger partial charge in [-0.2, -0.15) is 0 Å². The largest absolute Gasteiger partial charge is 0.332 e. The van der Waals surface area contributed by atoms with Gasteiger partial charge in [0.05, 0.1) is 5.02 Å². The van der Waals surface area contributed by atoms with Gasteiger partial charge in [0.15, 0.2) is 5.11 Å². The fourth-order valence-electron chi connectivity index (χ4n) is 2.07. The van der Waals surface area contributed by atoms with E-state index in [0.29, 0.717) is 20.6 Å². The van der Waals surface area contributed by atoms with Gasteiger partial charge in [0.2, 0.25) is 0 Å². The molecule has 0 bridgehead atoms. The molecule has 0 aliphatic heterocycles. The van der Waals surface area contributed by atoms with Crippen molar-refractivity contribution in [2.45, 2.75) is 0 Å². The molecule has 1 aromatic heterocycles. The van der Waals surface area contributed by atoms with Crippen LogP contribution in [0.1, 0.15) is 9.67 Å². The van der Waals surface area contributed by atoms with Crippen LogP contribution in [0.2, 0.25) is 10.0 Å². The van der Waals surface area contributed by atoms with Gasteiger partial charge in [-0.15, -0.1) is 11.3 Å². The molecule has 1 amide bonds. The minimum atomic E-state index is -0.439. The number of nitrogens with one attached hydrogen (secondary N) is 2. The van der Waals surface area contributed by atoms with Crippen LogP contribution in [-0.2, 0) is 0 Å². The predicted molar refractivity (Wildman–Crippen MR) is 102 cm³/mol. The predicted octanol–water partition coefficient (Wildman–Crippen LogP) is 5.47. The van der Waals surface area contributed by atoms with Gasteiger partial charge in [0.25, 0.3) is 5.91 Å². The van der Waals surface area contributed by atoms with Crippen LogP contribution < -0.4 is 10.6 Å². The summed E-state index contributed by atoms with van der Waals surface area (Å²) in [5, 5.41) is 6.99. The first-order chi connectivity index (χ1) is 11.4. The fourth-order valence-corrected chi connectivity index (χ4v) is 3.97. The first-order valence-corrected chi connectivity index (χ1v) is 8.67. The molecule has 0 unspecified atom stereocenters. The molecular formula is C16H9Cl2FN2OS2. The number of amides is 1. The lowest BCUT2D eigenvalue weighted by Gasteiger charge is -2.09. The third kappa shape index (κ3) is 3.67. The molecule has 122 valence electrons. The number of carbonyl (C=O) groups is 1. The highest BCUT2D eigenvalue weighted by molar-refractivity contribution is 7.80. The van der Waals surface area contributed by atoms with Crippen molar-refractivity contribution in [3.8, 4) is 0 Å². The Morgan fingerprint density at radius 3 is 2.71 bits per heavy atom. The minimum absolute atomic E-state index is 0.0529. The summed E-state index contributed by atoms with van der Waals surface area (Å²) in [6.07, 6.45) is 0. The van der Waals surface area contributed by atoms with Crippen molar-refractivity contribution in [2.24, 2.45) is 0 Å². The van der Waals surface area contributed by atoms with E-state index in [2.05, 4.69) is 10.6 Å². The van der Waals surface area contributed by atoms with Crippen molar-refractivity contribution in [1.29, 1.82) is 0 Å². The lowest BCUT2D eigenvalue weighted by atomic mass is 10.2. The molecule has 2 aromatic carbocycles. The molecule has 1 heterocycles. The molecule has 0 spiro atoms. The van der Waals surface area contributed by atoms with Gasteiger partial charge in [-0.05, 0) is 42.5 Å². The normalized spacial score (nSPS) is 10.6. The monoisotopic (exact) mass is 398 g/mol. The van der Waals surface area contributed by atoms with Crippen LogP contribution in [-0.4, -0.2) is 11.0 Å². The van der Waals surface area contributed by atoms with Crippen LogP contribution in [0.15, 0.2) is 42.5 Å². The number of thiocarbonyl (C=S) groups is 1. The van der Waals surface area contributed by atoms with Gasteiger partial charge in [-0.3, -0.25) is 10.1 Å². The summed E-state index contributed by atoms with van der Waals surface area (Å²) < 4.78 is 14.0. The number of fused-ring (bicyclic) bond motifs is 1. The molecule has 3 aromatic rings. The molecule has 0 saturated heterocycles. The highest BCUT2D eigenvalue weighted by atomic mass is 35.5. The van der Waals surface area contributed by atoms with E-state index in [9.17, 15) is 9.18 Å². The molecule has 24 heavy (non-hydrogen) atoms. The highest BCUT2D eigenvalue weighted by Gasteiger charge is 2.18. The standard InChI is InChI=1S/C16H9Cl2FN2OS2/c17-8-4-5-11-12(6-8)24-14(13(11)18)15(22)21-16(23)20-10-3-1-2-9(19)7-10/h1-7H,(H2,20,21,22,23). The average Bonchev–Trinajstić information content (AvgIpc) is 2.83. The van der Waals surface area contributed by atoms with Gasteiger partial charge in [-0.25, -0.2) is 4.39 Å². The summed E-state index contributed by atoms with van der Waals surface area (Å²) in [5.41, 5.74) is 0.439. The van der Waals surface area contributed by atoms with Crippen LogP contribution in [0.5, 0.6) is 0 Å². The molecule has 3 nitrogen and oxygen atoms in total. The Morgan fingerprint density at radius 2 is 1.96 bits per heavy atom. The number of rotatable bonds is 2. The van der Waals surface area contributed by atoms with Gasteiger partial charge in [0, 0.05) is 20.8 Å². The van der Waals surface area contributed by atoms with Gasteiger partial charge in [-0.1, -0.05) is 35.3 Å². The first-order valence-electron chi connectivity index (χ1n) is 6.69. The molecular weight excluding hydrogens is 390 g/mol. The van der Waals surface area contributed by atoms with Gasteiger partial charge < -0.3 is 5.32 Å². The maximum atomic E-state index is 13.2. The van der Waals surface area contributed by atoms with Gasteiger partial charge in [0.1, 0.15) is 10.7 Å². The third-order valence-corrected chi connectivity index (χ3v) is 5.20. The summed E-state index contributed by atoms with van der Waals surface area (Å²) in [6, 6.07) is 11.0. The maximum absolute atomic E-state index is 13.2. The number of halogens is 3. The van der Waals surface area contributed by atoms with E-state index in [1.807, 2.05) is 0 Å². The summed E-state index contributed by atoms with van der Waals surface area (Å²) in [7, 11) is 0. The van der Waals surface area contributed by atoms with Crippen molar-refractivity contribution < 1.29 is 9.18 Å². The number of hydrogen-bond donors (Lipinski definition) is 2. The molecule has 0 atom stereocenters. The second kappa shape index (κ2) is 7.03. The van der Waals surface area contributed by atoms with Crippen molar-refractivity contribution in [3.63, 3.8) is 0 Å². The van der Waals surface area contributed by atoms with Crippen LogP contribution in [0.3, 0.4) is 0 Å². The van der Waals surface area contributed by atoms with Gasteiger partial charge >= 0.3 is 0 Å². The molecule has 0 radical (unpaired) electrons. The van der Waals surface area contributed by atoms with Crippen LogP contribution in [0.4, 0.5) is 10.1 Å². The molecule has 8 heteroatoms. The number of hydrogen-bond acceptors (Lipinski definition) is 3. The highest BCUT2D eigenvalue weighted by Crippen LogP contribution is 2.36. The SMILES string of the molecule is O=C(NC(=S)Nc1cccc(F)c1)c1sc2cc(Cl)ccc2c1Cl. The Morgan fingerprint density at radius 1 is 1.17 bits per heavy atom. The number of thiophene rings is 1. The molecule has 0 aliphatic rings. The van der Waals surface area contributed by atoms with Crippen LogP contribution in [0, 0.1) is 5.82 Å². The Balaban J connectivity index is 1.77. The smallest absolute Gasteiger partial charge is 0.269 e. The van der Waals surface area contributed by atoms with Crippen molar-refractivity contribution in [2.75, 3.05) is 5.32 Å². The lowest BCUT2D eigenvalue weighted by molar-refractivity contribution is 0.0982. The third-order valence-electron chi connectivity index (χ3n) is 3.11. The topological polar surface area (TPSA) is 41.1 Å². The summed E-state index contributed by atoms with van der Waals surface area (Å²) in [4.78, 5) is 12.7. The van der Waals surface area contributed by atoms with E-state index < -0.39 is 11.7 Å². The number of anilines is 1. The summed E-state index contributed by atoms with van der Waals surface area (Å²) in [5.74, 6) is -0.843. The van der Waals surface area contributed by atoms with E-state index in [4.69, 9.17) is 35.4 Å². The second-order valence-electron chi connectivity index (χ2n) is 4.80. The average molecular weight is 399 g/mol. The first kappa shape index (κ1) is 17.1. The molecule has 0 saturated carbocycles. The van der Waals surface area contributed by atoms with Crippen LogP contribution in [0.25, 0.3) is 10.1 Å². The Hall–Kier alpha value is -1.73. The maximum Gasteiger partial charge on any atom is 0.269 e. The number of carbonyl (C=O) groups excluding carboxylic acids is 1. The molecule has 0 fully saturated rings. The zero-order valence-electron chi connectivity index (χ0n) is 11.9. The Bertz CT molecular complexity index is 958. The lowest BCUT2D eigenvalue weighted by Crippen LogP contribution is -2.33. The fraction of sp³-hybridized carbons (Fsp3) is 0. The van der Waals surface area contributed by atoms with E-state index in [0.717, 1.165) is 10.1 Å². The van der Waals surface area contributed by atoms with E-state index in [-0.39, 0.29) is 5.11 Å².